The Morgan fingerprint density at radius 3 is 2.50 bits per heavy atom. The first-order valence-corrected chi connectivity index (χ1v) is 9.15. The van der Waals surface area contributed by atoms with Crippen LogP contribution in [0.15, 0.2) is 70.7 Å². The van der Waals surface area contributed by atoms with E-state index in [9.17, 15) is 14.9 Å². The van der Waals surface area contributed by atoms with Gasteiger partial charge in [0, 0.05) is 12.6 Å². The standard InChI is InChI=1S/C22H15BrN2O3/c1-14(26)28-21-9-6-15(11-20(21)23)10-18(13-24)22(27)25-19-8-7-16-4-2-3-5-17(16)12-19/h2-12H,1H3,(H,25,27)/b18-10+. The van der Waals surface area contributed by atoms with Crippen LogP contribution >= 0.6 is 15.9 Å². The van der Waals surface area contributed by atoms with Crippen molar-refractivity contribution in [3.63, 3.8) is 0 Å². The summed E-state index contributed by atoms with van der Waals surface area (Å²) < 4.78 is 5.59. The predicted octanol–water partition coefficient (Wildman–Crippen LogP) is 5.07. The Bertz CT molecular complexity index is 1150. The van der Waals surface area contributed by atoms with E-state index >= 15 is 0 Å². The van der Waals surface area contributed by atoms with Gasteiger partial charge in [0.2, 0.25) is 0 Å². The molecule has 138 valence electrons. The van der Waals surface area contributed by atoms with Crippen molar-refractivity contribution >= 4 is 50.3 Å². The molecular formula is C22H15BrN2O3. The largest absolute Gasteiger partial charge is 0.426 e. The Kier molecular flexibility index (Phi) is 5.87. The van der Waals surface area contributed by atoms with Crippen molar-refractivity contribution < 1.29 is 14.3 Å². The Morgan fingerprint density at radius 2 is 1.82 bits per heavy atom. The van der Waals surface area contributed by atoms with Crippen molar-refractivity contribution in [3.05, 3.63) is 76.3 Å². The number of hydrogen-bond acceptors (Lipinski definition) is 4. The summed E-state index contributed by atoms with van der Waals surface area (Å²) in [5.74, 6) is -0.571. The van der Waals surface area contributed by atoms with Crippen LogP contribution < -0.4 is 10.1 Å². The number of carbonyl (C=O) groups is 2. The molecule has 3 rings (SSSR count). The highest BCUT2D eigenvalue weighted by atomic mass is 79.9. The van der Waals surface area contributed by atoms with Crippen molar-refractivity contribution in [3.8, 4) is 11.8 Å². The first-order chi connectivity index (χ1) is 13.5. The van der Waals surface area contributed by atoms with Gasteiger partial charge in [-0.3, -0.25) is 9.59 Å². The van der Waals surface area contributed by atoms with E-state index in [0.717, 1.165) is 10.8 Å². The van der Waals surface area contributed by atoms with Crippen LogP contribution in [0.1, 0.15) is 12.5 Å². The molecule has 0 aliphatic carbocycles. The summed E-state index contributed by atoms with van der Waals surface area (Å²) in [6.45, 7) is 1.31. The number of benzene rings is 3. The van der Waals surface area contributed by atoms with E-state index in [1.165, 1.54) is 13.0 Å². The van der Waals surface area contributed by atoms with Crippen LogP contribution in [-0.2, 0) is 9.59 Å². The van der Waals surface area contributed by atoms with Crippen molar-refractivity contribution in [2.24, 2.45) is 0 Å². The number of nitrogens with one attached hydrogen (secondary N) is 1. The van der Waals surface area contributed by atoms with E-state index in [-0.39, 0.29) is 5.57 Å². The lowest BCUT2D eigenvalue weighted by Gasteiger charge is -2.07. The molecular weight excluding hydrogens is 420 g/mol. The quantitative estimate of drug-likeness (QED) is 0.269. The average Bonchev–Trinajstić information content (AvgIpc) is 2.67. The number of hydrogen-bond donors (Lipinski definition) is 1. The van der Waals surface area contributed by atoms with E-state index in [0.29, 0.717) is 21.5 Å². The van der Waals surface area contributed by atoms with Crippen LogP contribution in [0.2, 0.25) is 0 Å². The van der Waals surface area contributed by atoms with Crippen molar-refractivity contribution in [1.82, 2.24) is 0 Å². The number of nitrogens with zero attached hydrogens (tertiary/aromatic N) is 1. The van der Waals surface area contributed by atoms with Gasteiger partial charge in [0.05, 0.1) is 4.47 Å². The number of amides is 1. The minimum atomic E-state index is -0.502. The fourth-order valence-electron chi connectivity index (χ4n) is 2.63. The molecule has 0 bridgehead atoms. The topological polar surface area (TPSA) is 79.2 Å². The Morgan fingerprint density at radius 1 is 1.07 bits per heavy atom. The Balaban J connectivity index is 1.81. The van der Waals surface area contributed by atoms with E-state index in [1.807, 2.05) is 42.5 Å². The molecule has 0 saturated heterocycles. The van der Waals surface area contributed by atoms with Crippen LogP contribution in [0.4, 0.5) is 5.69 Å². The van der Waals surface area contributed by atoms with Gasteiger partial charge in [-0.15, -0.1) is 0 Å². The van der Waals surface area contributed by atoms with E-state index in [2.05, 4.69) is 21.2 Å². The van der Waals surface area contributed by atoms with Gasteiger partial charge >= 0.3 is 5.97 Å². The first-order valence-electron chi connectivity index (χ1n) is 8.36. The van der Waals surface area contributed by atoms with Gasteiger partial charge in [-0.2, -0.15) is 5.26 Å². The van der Waals surface area contributed by atoms with Crippen molar-refractivity contribution in [2.45, 2.75) is 6.92 Å². The highest BCUT2D eigenvalue weighted by molar-refractivity contribution is 9.10. The zero-order chi connectivity index (χ0) is 20.1. The Hall–Kier alpha value is -3.43. The molecule has 0 unspecified atom stereocenters. The molecule has 28 heavy (non-hydrogen) atoms. The van der Waals surface area contributed by atoms with Crippen LogP contribution in [0.25, 0.3) is 16.8 Å². The van der Waals surface area contributed by atoms with Gasteiger partial charge in [0.25, 0.3) is 5.91 Å². The summed E-state index contributed by atoms with van der Waals surface area (Å²) in [7, 11) is 0. The molecule has 0 radical (unpaired) electrons. The second-order valence-corrected chi connectivity index (χ2v) is 6.82. The number of carbonyl (C=O) groups excluding carboxylic acids is 2. The molecule has 0 aliphatic rings. The Labute approximate surface area is 170 Å². The molecule has 0 saturated carbocycles. The monoisotopic (exact) mass is 434 g/mol. The second-order valence-electron chi connectivity index (χ2n) is 5.97. The third kappa shape index (κ3) is 4.64. The SMILES string of the molecule is CC(=O)Oc1ccc(/C=C(\C#N)C(=O)Nc2ccc3ccccc3c2)cc1Br. The number of anilines is 1. The third-order valence-electron chi connectivity index (χ3n) is 3.89. The summed E-state index contributed by atoms with van der Waals surface area (Å²) in [5.41, 5.74) is 1.18. The summed E-state index contributed by atoms with van der Waals surface area (Å²) in [6.07, 6.45) is 1.47. The van der Waals surface area contributed by atoms with Gasteiger partial charge in [0.15, 0.2) is 0 Å². The van der Waals surface area contributed by atoms with Crippen molar-refractivity contribution in [1.29, 1.82) is 5.26 Å². The molecule has 1 amide bonds. The van der Waals surface area contributed by atoms with Crippen LogP contribution in [0.5, 0.6) is 5.75 Å². The fourth-order valence-corrected chi connectivity index (χ4v) is 3.10. The number of halogens is 1. The molecule has 0 aromatic heterocycles. The maximum atomic E-state index is 12.5. The lowest BCUT2D eigenvalue weighted by molar-refractivity contribution is -0.131. The normalized spacial score (nSPS) is 11.0. The molecule has 0 heterocycles. The molecule has 3 aromatic rings. The van der Waals surface area contributed by atoms with Gasteiger partial charge in [0.1, 0.15) is 17.4 Å². The molecule has 0 fully saturated rings. The minimum absolute atomic E-state index is 0.0414. The van der Waals surface area contributed by atoms with E-state index in [1.54, 1.807) is 24.3 Å². The van der Waals surface area contributed by atoms with E-state index in [4.69, 9.17) is 4.74 Å². The highest BCUT2D eigenvalue weighted by Crippen LogP contribution is 2.27. The number of esters is 1. The summed E-state index contributed by atoms with van der Waals surface area (Å²) in [5, 5.41) is 14.2. The molecule has 3 aromatic carbocycles. The van der Waals surface area contributed by atoms with Crippen LogP contribution in [0, 0.1) is 11.3 Å². The molecule has 1 N–H and O–H groups in total. The molecule has 0 atom stereocenters. The number of rotatable bonds is 4. The highest BCUT2D eigenvalue weighted by Gasteiger charge is 2.11. The summed E-state index contributed by atoms with van der Waals surface area (Å²) in [4.78, 5) is 23.6. The smallest absolute Gasteiger partial charge is 0.308 e. The van der Waals surface area contributed by atoms with Crippen LogP contribution in [-0.4, -0.2) is 11.9 Å². The lowest BCUT2D eigenvalue weighted by atomic mass is 10.1. The number of ether oxygens (including phenoxy) is 1. The predicted molar refractivity (Wildman–Crippen MR) is 112 cm³/mol. The summed E-state index contributed by atoms with van der Waals surface area (Å²) in [6, 6.07) is 20.2. The molecule has 0 spiro atoms. The fraction of sp³-hybridized carbons (Fsp3) is 0.0455. The van der Waals surface area contributed by atoms with Gasteiger partial charge in [-0.05, 0) is 62.6 Å². The molecule has 6 heteroatoms. The zero-order valence-corrected chi connectivity index (χ0v) is 16.5. The maximum Gasteiger partial charge on any atom is 0.308 e. The maximum absolute atomic E-state index is 12.5. The van der Waals surface area contributed by atoms with E-state index < -0.39 is 11.9 Å². The second kappa shape index (κ2) is 8.51. The lowest BCUT2D eigenvalue weighted by Crippen LogP contribution is -2.13. The van der Waals surface area contributed by atoms with Gasteiger partial charge in [-0.1, -0.05) is 36.4 Å². The summed E-state index contributed by atoms with van der Waals surface area (Å²) >= 11 is 3.31. The average molecular weight is 435 g/mol. The minimum Gasteiger partial charge on any atom is -0.426 e. The number of fused-ring (bicyclic) bond motifs is 1. The molecule has 5 nitrogen and oxygen atoms in total. The van der Waals surface area contributed by atoms with Gasteiger partial charge < -0.3 is 10.1 Å². The zero-order valence-electron chi connectivity index (χ0n) is 14.9. The van der Waals surface area contributed by atoms with Crippen LogP contribution in [0.3, 0.4) is 0 Å². The number of nitriles is 1. The third-order valence-corrected chi connectivity index (χ3v) is 4.51. The molecule has 0 aliphatic heterocycles. The van der Waals surface area contributed by atoms with Crippen molar-refractivity contribution in [2.75, 3.05) is 5.32 Å². The first kappa shape index (κ1) is 19.3. The van der Waals surface area contributed by atoms with Gasteiger partial charge in [-0.25, -0.2) is 0 Å².